The number of hydrogen-bond donors (Lipinski definition) is 2. The zero-order chi connectivity index (χ0) is 14.9. The molecule has 1 atom stereocenters. The Hall–Kier alpha value is -2.44. The second-order valence-corrected chi connectivity index (χ2v) is 4.95. The maximum absolute atomic E-state index is 12.1. The second-order valence-electron chi connectivity index (χ2n) is 4.95. The number of benzene rings is 1. The zero-order valence-corrected chi connectivity index (χ0v) is 11.5. The molecule has 0 fully saturated rings. The Kier molecular flexibility index (Phi) is 3.69. The average molecular weight is 276 g/mol. The number of aryl methyl sites for hydroxylation is 1. The van der Waals surface area contributed by atoms with Gasteiger partial charge in [0.2, 0.25) is 0 Å². The highest BCUT2D eigenvalue weighted by atomic mass is 16.4. The summed E-state index contributed by atoms with van der Waals surface area (Å²) in [5.41, 5.74) is 1.78. The highest BCUT2D eigenvalue weighted by molar-refractivity contribution is 5.99. The van der Waals surface area contributed by atoms with Crippen LogP contribution in [0.2, 0.25) is 0 Å². The molecule has 2 N–H and O–H groups in total. The Balaban J connectivity index is 2.26. The summed E-state index contributed by atoms with van der Waals surface area (Å²) in [4.78, 5) is 23.2. The minimum atomic E-state index is -1.04. The maximum atomic E-state index is 12.1. The smallest absolute Gasteiger partial charge is 0.326 e. The molecule has 20 heavy (non-hydrogen) atoms. The Bertz CT molecular complexity index is 663. The van der Waals surface area contributed by atoms with Crippen LogP contribution in [0.1, 0.15) is 24.2 Å². The van der Waals surface area contributed by atoms with E-state index in [2.05, 4.69) is 15.6 Å². The number of carbonyl (C=O) groups is 2. The Morgan fingerprint density at radius 1 is 1.35 bits per heavy atom. The van der Waals surface area contributed by atoms with Crippen LogP contribution in [0.4, 0.5) is 0 Å². The van der Waals surface area contributed by atoms with E-state index in [1.54, 1.807) is 43.8 Å². The second kappa shape index (κ2) is 5.28. The lowest BCUT2D eigenvalue weighted by Gasteiger charge is -2.17. The minimum absolute atomic E-state index is 0.196. The fourth-order valence-corrected chi connectivity index (χ4v) is 1.91. The summed E-state index contributed by atoms with van der Waals surface area (Å²) in [7, 11) is 1.73. The van der Waals surface area contributed by atoms with Crippen molar-refractivity contribution in [3.05, 3.63) is 23.8 Å². The summed E-state index contributed by atoms with van der Waals surface area (Å²) in [6, 6.07) is 4.01. The fourth-order valence-electron chi connectivity index (χ4n) is 1.91. The Labute approximate surface area is 115 Å². The first kappa shape index (κ1) is 14.0. The zero-order valence-electron chi connectivity index (χ0n) is 11.5. The van der Waals surface area contributed by atoms with Gasteiger partial charge in [0, 0.05) is 12.6 Å². The van der Waals surface area contributed by atoms with Gasteiger partial charge in [-0.3, -0.25) is 4.79 Å². The van der Waals surface area contributed by atoms with Crippen LogP contribution in [0, 0.1) is 5.92 Å². The third kappa shape index (κ3) is 2.61. The number of hydrogen-bond acceptors (Lipinski definition) is 4. The molecule has 1 amide bonds. The third-order valence-corrected chi connectivity index (χ3v) is 3.09. The first-order chi connectivity index (χ1) is 9.40. The van der Waals surface area contributed by atoms with E-state index in [1.807, 2.05) is 0 Å². The van der Waals surface area contributed by atoms with Gasteiger partial charge < -0.3 is 10.4 Å². The van der Waals surface area contributed by atoms with Crippen LogP contribution in [0.25, 0.3) is 11.0 Å². The monoisotopic (exact) mass is 276 g/mol. The number of rotatable bonds is 4. The van der Waals surface area contributed by atoms with E-state index in [0.29, 0.717) is 16.6 Å². The minimum Gasteiger partial charge on any atom is -0.480 e. The van der Waals surface area contributed by atoms with Crippen LogP contribution in [-0.4, -0.2) is 38.0 Å². The number of aliphatic carboxylic acids is 1. The summed E-state index contributed by atoms with van der Waals surface area (Å²) in [5.74, 6) is -1.66. The largest absolute Gasteiger partial charge is 0.480 e. The number of carboxylic acid groups (broad SMARTS) is 1. The van der Waals surface area contributed by atoms with E-state index in [1.165, 1.54) is 0 Å². The number of nitrogens with zero attached hydrogens (tertiary/aromatic N) is 3. The van der Waals surface area contributed by atoms with E-state index in [9.17, 15) is 9.59 Å². The molecule has 1 heterocycles. The van der Waals surface area contributed by atoms with Gasteiger partial charge in [-0.1, -0.05) is 19.1 Å². The molecule has 0 aliphatic heterocycles. The summed E-state index contributed by atoms with van der Waals surface area (Å²) < 4.78 is 1.56. The molecule has 0 spiro atoms. The van der Waals surface area contributed by atoms with Gasteiger partial charge in [0.25, 0.3) is 5.91 Å². The van der Waals surface area contributed by atoms with Crippen LogP contribution in [0.3, 0.4) is 0 Å². The lowest BCUT2D eigenvalue weighted by molar-refractivity contribution is -0.140. The lowest BCUT2D eigenvalue weighted by atomic mass is 10.0. The Morgan fingerprint density at radius 2 is 2.05 bits per heavy atom. The van der Waals surface area contributed by atoms with Gasteiger partial charge >= 0.3 is 5.97 Å². The van der Waals surface area contributed by atoms with Crippen molar-refractivity contribution in [1.29, 1.82) is 0 Å². The number of amides is 1. The topological polar surface area (TPSA) is 97.1 Å². The van der Waals surface area contributed by atoms with Crippen LogP contribution in [-0.2, 0) is 11.8 Å². The van der Waals surface area contributed by atoms with Gasteiger partial charge in [-0.15, -0.1) is 5.10 Å². The molecule has 0 aliphatic carbocycles. The van der Waals surface area contributed by atoms with E-state index in [0.717, 1.165) is 0 Å². The van der Waals surface area contributed by atoms with Crippen molar-refractivity contribution >= 4 is 22.9 Å². The van der Waals surface area contributed by atoms with Crippen molar-refractivity contribution in [2.45, 2.75) is 19.9 Å². The predicted octanol–water partition coefficient (Wildman–Crippen LogP) is 0.807. The average Bonchev–Trinajstić information content (AvgIpc) is 2.76. The highest BCUT2D eigenvalue weighted by Crippen LogP contribution is 2.13. The van der Waals surface area contributed by atoms with Crippen molar-refractivity contribution in [1.82, 2.24) is 20.3 Å². The summed E-state index contributed by atoms with van der Waals surface area (Å²) >= 11 is 0. The lowest BCUT2D eigenvalue weighted by Crippen LogP contribution is -2.44. The van der Waals surface area contributed by atoms with Crippen molar-refractivity contribution in [2.24, 2.45) is 13.0 Å². The molecule has 0 aliphatic rings. The van der Waals surface area contributed by atoms with E-state index >= 15 is 0 Å². The van der Waals surface area contributed by atoms with Crippen LogP contribution in [0.15, 0.2) is 18.2 Å². The molecule has 0 saturated carbocycles. The molecule has 1 aromatic carbocycles. The fraction of sp³-hybridized carbons (Fsp3) is 0.385. The van der Waals surface area contributed by atoms with E-state index < -0.39 is 17.9 Å². The first-order valence-corrected chi connectivity index (χ1v) is 6.23. The summed E-state index contributed by atoms with van der Waals surface area (Å²) in [5, 5.41) is 19.4. The van der Waals surface area contributed by atoms with E-state index in [4.69, 9.17) is 5.11 Å². The number of carbonyl (C=O) groups excluding carboxylic acids is 1. The first-order valence-electron chi connectivity index (χ1n) is 6.23. The molecule has 2 rings (SSSR count). The number of fused-ring (bicyclic) bond motifs is 1. The number of nitrogens with one attached hydrogen (secondary N) is 1. The van der Waals surface area contributed by atoms with Crippen molar-refractivity contribution in [2.75, 3.05) is 0 Å². The SMILES string of the molecule is CC(C)[C@H](NC(=O)c1ccc2nnn(C)c2c1)C(=O)O. The standard InChI is InChI=1S/C13H16N4O3/c1-7(2)11(13(19)20)14-12(18)8-4-5-9-10(6-8)17(3)16-15-9/h4-7,11H,1-3H3,(H,14,18)(H,19,20)/t11-/m0/s1. The molecule has 7 nitrogen and oxygen atoms in total. The summed E-state index contributed by atoms with van der Waals surface area (Å²) in [6.07, 6.45) is 0. The van der Waals surface area contributed by atoms with Crippen molar-refractivity contribution in [3.8, 4) is 0 Å². The predicted molar refractivity (Wildman–Crippen MR) is 72.2 cm³/mol. The quantitative estimate of drug-likeness (QED) is 0.861. The normalized spacial score (nSPS) is 12.6. The molecule has 0 saturated heterocycles. The molecule has 106 valence electrons. The molecule has 0 unspecified atom stereocenters. The van der Waals surface area contributed by atoms with Crippen LogP contribution < -0.4 is 5.32 Å². The maximum Gasteiger partial charge on any atom is 0.326 e. The van der Waals surface area contributed by atoms with Crippen LogP contribution >= 0.6 is 0 Å². The van der Waals surface area contributed by atoms with Gasteiger partial charge in [0.1, 0.15) is 11.6 Å². The van der Waals surface area contributed by atoms with Gasteiger partial charge in [0.05, 0.1) is 5.52 Å². The van der Waals surface area contributed by atoms with Gasteiger partial charge in [-0.05, 0) is 24.1 Å². The Morgan fingerprint density at radius 3 is 2.65 bits per heavy atom. The molecular weight excluding hydrogens is 260 g/mol. The van der Waals surface area contributed by atoms with Gasteiger partial charge in [0.15, 0.2) is 0 Å². The van der Waals surface area contributed by atoms with Gasteiger partial charge in [-0.2, -0.15) is 0 Å². The molecule has 1 aromatic heterocycles. The number of aromatic nitrogens is 3. The molecule has 7 heteroatoms. The molecule has 0 bridgehead atoms. The molecular formula is C13H16N4O3. The van der Waals surface area contributed by atoms with Crippen molar-refractivity contribution in [3.63, 3.8) is 0 Å². The van der Waals surface area contributed by atoms with Gasteiger partial charge in [-0.25, -0.2) is 9.48 Å². The molecule has 2 aromatic rings. The highest BCUT2D eigenvalue weighted by Gasteiger charge is 2.24. The van der Waals surface area contributed by atoms with E-state index in [-0.39, 0.29) is 5.92 Å². The number of carboxylic acids is 1. The summed E-state index contributed by atoms with van der Waals surface area (Å²) in [6.45, 7) is 3.49. The van der Waals surface area contributed by atoms with Crippen LogP contribution in [0.5, 0.6) is 0 Å². The van der Waals surface area contributed by atoms with Crippen molar-refractivity contribution < 1.29 is 14.7 Å². The third-order valence-electron chi connectivity index (χ3n) is 3.09. The molecule has 0 radical (unpaired) electrons.